The van der Waals surface area contributed by atoms with E-state index in [1.165, 1.54) is 32.1 Å². The van der Waals surface area contributed by atoms with Gasteiger partial charge < -0.3 is 0 Å². The van der Waals surface area contributed by atoms with Gasteiger partial charge >= 0.3 is 0 Å². The minimum atomic E-state index is 0.184. The zero-order valence-electron chi connectivity index (χ0n) is 9.72. The van der Waals surface area contributed by atoms with Gasteiger partial charge in [0.05, 0.1) is 5.02 Å². The largest absolute Gasteiger partial charge is 0.294 e. The first-order valence-electron chi connectivity index (χ1n) is 6.15. The molecule has 2 rings (SSSR count). The van der Waals surface area contributed by atoms with E-state index in [0.29, 0.717) is 22.9 Å². The van der Waals surface area contributed by atoms with Crippen molar-refractivity contribution in [3.05, 3.63) is 33.3 Å². The molecule has 92 valence electrons. The topological polar surface area (TPSA) is 17.1 Å². The molecule has 0 heterocycles. The minimum Gasteiger partial charge on any atom is -0.294 e. The number of carbonyl (C=O) groups excluding carboxylic acids is 1. The van der Waals surface area contributed by atoms with Gasteiger partial charge in [0.1, 0.15) is 0 Å². The molecular formula is C14H16BrClO. The van der Waals surface area contributed by atoms with Crippen LogP contribution in [0.3, 0.4) is 0 Å². The summed E-state index contributed by atoms with van der Waals surface area (Å²) in [6.07, 6.45) is 6.89. The van der Waals surface area contributed by atoms with Crippen LogP contribution in [0, 0.1) is 5.92 Å². The summed E-state index contributed by atoms with van der Waals surface area (Å²) in [6, 6.07) is 5.54. The quantitative estimate of drug-likeness (QED) is 0.696. The third-order valence-electron chi connectivity index (χ3n) is 3.45. The Morgan fingerprint density at radius 3 is 2.71 bits per heavy atom. The van der Waals surface area contributed by atoms with Crippen LogP contribution >= 0.6 is 27.5 Å². The lowest BCUT2D eigenvalue weighted by atomic mass is 9.85. The smallest absolute Gasteiger partial charge is 0.164 e. The summed E-state index contributed by atoms with van der Waals surface area (Å²) >= 11 is 9.49. The average Bonchev–Trinajstić information content (AvgIpc) is 2.34. The highest BCUT2D eigenvalue weighted by Crippen LogP contribution is 2.31. The monoisotopic (exact) mass is 314 g/mol. The highest BCUT2D eigenvalue weighted by atomic mass is 79.9. The second-order valence-corrected chi connectivity index (χ2v) is 5.97. The van der Waals surface area contributed by atoms with E-state index < -0.39 is 0 Å². The van der Waals surface area contributed by atoms with Gasteiger partial charge in [-0.3, -0.25) is 4.79 Å². The Bertz CT molecular complexity index is 411. The summed E-state index contributed by atoms with van der Waals surface area (Å²) in [5.41, 5.74) is 0.659. The number of Topliss-reactive ketones (excluding diaryl/α,β-unsaturated/α-hetero) is 1. The number of benzene rings is 1. The second-order valence-electron chi connectivity index (χ2n) is 4.73. The molecule has 0 atom stereocenters. The maximum absolute atomic E-state index is 12.2. The minimum absolute atomic E-state index is 0.184. The summed E-state index contributed by atoms with van der Waals surface area (Å²) < 4.78 is 0.800. The third-order valence-corrected chi connectivity index (χ3v) is 4.75. The predicted molar refractivity (Wildman–Crippen MR) is 74.7 cm³/mol. The molecule has 1 nitrogen and oxygen atoms in total. The van der Waals surface area contributed by atoms with Crippen LogP contribution in [-0.4, -0.2) is 5.78 Å². The van der Waals surface area contributed by atoms with Gasteiger partial charge in [0.25, 0.3) is 0 Å². The Hall–Kier alpha value is -0.340. The molecule has 0 bridgehead atoms. The van der Waals surface area contributed by atoms with Crippen molar-refractivity contribution in [3.63, 3.8) is 0 Å². The molecule has 1 aromatic rings. The van der Waals surface area contributed by atoms with Gasteiger partial charge in [-0.15, -0.1) is 0 Å². The van der Waals surface area contributed by atoms with E-state index in [4.69, 9.17) is 11.6 Å². The van der Waals surface area contributed by atoms with Gasteiger partial charge in [0, 0.05) is 16.5 Å². The Balaban J connectivity index is 2.06. The molecular weight excluding hydrogens is 300 g/mol. The normalized spacial score (nSPS) is 17.1. The summed E-state index contributed by atoms with van der Waals surface area (Å²) in [5, 5.41) is 0.549. The number of rotatable bonds is 3. The highest BCUT2D eigenvalue weighted by Gasteiger charge is 2.19. The van der Waals surface area contributed by atoms with E-state index in [-0.39, 0.29) is 5.78 Å². The van der Waals surface area contributed by atoms with Gasteiger partial charge in [0.15, 0.2) is 5.78 Å². The van der Waals surface area contributed by atoms with E-state index in [9.17, 15) is 4.79 Å². The van der Waals surface area contributed by atoms with Crippen molar-refractivity contribution in [1.29, 1.82) is 0 Å². The molecule has 1 aromatic carbocycles. The molecule has 0 unspecified atom stereocenters. The lowest BCUT2D eigenvalue weighted by Gasteiger charge is -2.20. The van der Waals surface area contributed by atoms with Gasteiger partial charge in [-0.05, 0) is 34.0 Å². The van der Waals surface area contributed by atoms with Crippen LogP contribution in [0.2, 0.25) is 5.02 Å². The van der Waals surface area contributed by atoms with Crippen LogP contribution in [0.5, 0.6) is 0 Å². The summed E-state index contributed by atoms with van der Waals surface area (Å²) in [7, 11) is 0. The molecule has 1 aliphatic carbocycles. The van der Waals surface area contributed by atoms with Crippen molar-refractivity contribution in [1.82, 2.24) is 0 Å². The lowest BCUT2D eigenvalue weighted by Crippen LogP contribution is -2.12. The Morgan fingerprint density at radius 2 is 2.00 bits per heavy atom. The van der Waals surface area contributed by atoms with E-state index in [1.807, 2.05) is 18.2 Å². The molecule has 0 N–H and O–H groups in total. The second kappa shape index (κ2) is 6.01. The Kier molecular flexibility index (Phi) is 4.63. The van der Waals surface area contributed by atoms with Crippen LogP contribution in [0.25, 0.3) is 0 Å². The van der Waals surface area contributed by atoms with Crippen molar-refractivity contribution in [2.45, 2.75) is 38.5 Å². The fourth-order valence-electron chi connectivity index (χ4n) is 2.48. The first-order valence-corrected chi connectivity index (χ1v) is 7.33. The van der Waals surface area contributed by atoms with Gasteiger partial charge in [-0.1, -0.05) is 49.8 Å². The van der Waals surface area contributed by atoms with Crippen LogP contribution in [0.1, 0.15) is 48.9 Å². The van der Waals surface area contributed by atoms with Gasteiger partial charge in [0.2, 0.25) is 0 Å². The zero-order valence-corrected chi connectivity index (χ0v) is 12.1. The third kappa shape index (κ3) is 3.32. The number of hydrogen-bond acceptors (Lipinski definition) is 1. The Morgan fingerprint density at radius 1 is 1.29 bits per heavy atom. The molecule has 1 saturated carbocycles. The molecule has 0 aromatic heterocycles. The van der Waals surface area contributed by atoms with Gasteiger partial charge in [-0.2, -0.15) is 0 Å². The van der Waals surface area contributed by atoms with Crippen molar-refractivity contribution >= 4 is 33.3 Å². The Labute approximate surface area is 116 Å². The maximum atomic E-state index is 12.2. The molecule has 0 spiro atoms. The van der Waals surface area contributed by atoms with Crippen LogP contribution in [0.15, 0.2) is 22.7 Å². The van der Waals surface area contributed by atoms with Crippen molar-refractivity contribution in [3.8, 4) is 0 Å². The average molecular weight is 316 g/mol. The fourth-order valence-corrected chi connectivity index (χ4v) is 3.08. The molecule has 1 aliphatic rings. The van der Waals surface area contributed by atoms with E-state index in [0.717, 1.165) is 4.47 Å². The molecule has 0 aliphatic heterocycles. The molecule has 1 fully saturated rings. The van der Waals surface area contributed by atoms with Crippen molar-refractivity contribution < 1.29 is 4.79 Å². The molecule has 3 heteroatoms. The standard InChI is InChI=1S/C14H16BrClO/c15-12-8-4-7-11(14(12)16)13(17)9-10-5-2-1-3-6-10/h4,7-8,10H,1-3,5-6,9H2. The number of hydrogen-bond donors (Lipinski definition) is 0. The summed E-state index contributed by atoms with van der Waals surface area (Å²) in [6.45, 7) is 0. The highest BCUT2D eigenvalue weighted by molar-refractivity contribution is 9.10. The maximum Gasteiger partial charge on any atom is 0.164 e. The first kappa shape index (κ1) is 13.1. The van der Waals surface area contributed by atoms with E-state index in [2.05, 4.69) is 15.9 Å². The summed E-state index contributed by atoms with van der Waals surface area (Å²) in [5.74, 6) is 0.745. The molecule has 17 heavy (non-hydrogen) atoms. The van der Waals surface area contributed by atoms with Crippen molar-refractivity contribution in [2.75, 3.05) is 0 Å². The number of carbonyl (C=O) groups is 1. The van der Waals surface area contributed by atoms with E-state index >= 15 is 0 Å². The SMILES string of the molecule is O=C(CC1CCCCC1)c1cccc(Br)c1Cl. The van der Waals surface area contributed by atoms with Crippen LogP contribution < -0.4 is 0 Å². The molecule has 0 saturated heterocycles. The van der Waals surface area contributed by atoms with E-state index in [1.54, 1.807) is 0 Å². The van der Waals surface area contributed by atoms with Crippen LogP contribution in [-0.2, 0) is 0 Å². The number of halogens is 2. The fraction of sp³-hybridized carbons (Fsp3) is 0.500. The summed E-state index contributed by atoms with van der Waals surface area (Å²) in [4.78, 5) is 12.2. The first-order chi connectivity index (χ1) is 8.18. The van der Waals surface area contributed by atoms with Crippen LogP contribution in [0.4, 0.5) is 0 Å². The van der Waals surface area contributed by atoms with Gasteiger partial charge in [-0.25, -0.2) is 0 Å². The molecule has 0 radical (unpaired) electrons. The zero-order chi connectivity index (χ0) is 12.3. The lowest BCUT2D eigenvalue weighted by molar-refractivity contribution is 0.0950. The number of ketones is 1. The van der Waals surface area contributed by atoms with Crippen molar-refractivity contribution in [2.24, 2.45) is 5.92 Å². The predicted octanol–water partition coefficient (Wildman–Crippen LogP) is 5.26. The molecule has 0 amide bonds.